The molecule has 0 radical (unpaired) electrons. The van der Waals surface area contributed by atoms with E-state index in [0.29, 0.717) is 17.9 Å². The fourth-order valence-electron chi connectivity index (χ4n) is 3.46. The van der Waals surface area contributed by atoms with Crippen LogP contribution in [0, 0.1) is 5.92 Å². The molecule has 1 saturated heterocycles. The van der Waals surface area contributed by atoms with Crippen molar-refractivity contribution in [3.05, 3.63) is 0 Å². The zero-order valence-electron chi connectivity index (χ0n) is 12.0. The fourth-order valence-corrected chi connectivity index (χ4v) is 3.46. The van der Waals surface area contributed by atoms with Crippen molar-refractivity contribution in [2.24, 2.45) is 5.92 Å². The Morgan fingerprint density at radius 2 is 1.94 bits per heavy atom. The first kappa shape index (κ1) is 13.9. The molecule has 3 heteroatoms. The zero-order chi connectivity index (χ0) is 13.0. The minimum Gasteiger partial charge on any atom is -0.338 e. The fraction of sp³-hybridized carbons (Fsp3) is 0.933. The summed E-state index contributed by atoms with van der Waals surface area (Å²) in [5, 5.41) is 0. The molecule has 1 amide bonds. The Morgan fingerprint density at radius 3 is 2.50 bits per heavy atom. The quantitative estimate of drug-likeness (QED) is 0.767. The van der Waals surface area contributed by atoms with E-state index in [9.17, 15) is 4.79 Å². The molecule has 2 rings (SSSR count). The van der Waals surface area contributed by atoms with Gasteiger partial charge in [0.15, 0.2) is 0 Å². The van der Waals surface area contributed by atoms with Crippen LogP contribution in [-0.4, -0.2) is 48.4 Å². The number of likely N-dealkylation sites (tertiary alicyclic amines) is 1. The van der Waals surface area contributed by atoms with Crippen LogP contribution in [0.3, 0.4) is 0 Å². The van der Waals surface area contributed by atoms with E-state index < -0.39 is 0 Å². The summed E-state index contributed by atoms with van der Waals surface area (Å²) in [6.07, 6.45) is 8.32. The average Bonchev–Trinajstić information content (AvgIpc) is 2.82. The van der Waals surface area contributed by atoms with Gasteiger partial charge in [0, 0.05) is 25.0 Å². The Morgan fingerprint density at radius 1 is 1.22 bits per heavy atom. The summed E-state index contributed by atoms with van der Waals surface area (Å²) in [5.41, 5.74) is 0. The Labute approximate surface area is 112 Å². The summed E-state index contributed by atoms with van der Waals surface area (Å²) in [6, 6.07) is 0.476. The van der Waals surface area contributed by atoms with Crippen LogP contribution in [0.25, 0.3) is 0 Å². The molecule has 1 atom stereocenters. The maximum absolute atomic E-state index is 12.7. The van der Waals surface area contributed by atoms with E-state index in [-0.39, 0.29) is 0 Å². The van der Waals surface area contributed by atoms with Crippen molar-refractivity contribution in [1.29, 1.82) is 0 Å². The summed E-state index contributed by atoms with van der Waals surface area (Å²) in [6.45, 7) is 5.34. The molecular formula is C15H28N2O. The second kappa shape index (κ2) is 6.55. The van der Waals surface area contributed by atoms with Gasteiger partial charge >= 0.3 is 0 Å². The standard InChI is InChI=1S/C15H28N2O/c1-3-10-17(14-9-11-16(2)12-14)15(18)13-7-5-4-6-8-13/h13-14H,3-12H2,1-2H3. The Bertz CT molecular complexity index is 274. The van der Waals surface area contributed by atoms with Crippen LogP contribution in [0.2, 0.25) is 0 Å². The van der Waals surface area contributed by atoms with E-state index in [0.717, 1.165) is 45.3 Å². The molecule has 1 saturated carbocycles. The van der Waals surface area contributed by atoms with Crippen LogP contribution in [-0.2, 0) is 4.79 Å². The molecule has 0 bridgehead atoms. The van der Waals surface area contributed by atoms with E-state index in [1.165, 1.54) is 19.3 Å². The third-order valence-corrected chi connectivity index (χ3v) is 4.51. The van der Waals surface area contributed by atoms with Crippen molar-refractivity contribution in [2.75, 3.05) is 26.7 Å². The van der Waals surface area contributed by atoms with Crippen LogP contribution >= 0.6 is 0 Å². The SMILES string of the molecule is CCCN(C(=O)C1CCCCC1)C1CCN(C)C1. The highest BCUT2D eigenvalue weighted by molar-refractivity contribution is 5.79. The van der Waals surface area contributed by atoms with Gasteiger partial charge in [-0.3, -0.25) is 4.79 Å². The highest BCUT2D eigenvalue weighted by Crippen LogP contribution is 2.27. The first-order valence-electron chi connectivity index (χ1n) is 7.71. The Kier molecular flexibility index (Phi) is 5.04. The number of likely N-dealkylation sites (N-methyl/N-ethyl adjacent to an activating group) is 1. The third kappa shape index (κ3) is 3.25. The lowest BCUT2D eigenvalue weighted by molar-refractivity contribution is -0.138. The predicted molar refractivity (Wildman–Crippen MR) is 74.5 cm³/mol. The normalized spacial score (nSPS) is 26.4. The lowest BCUT2D eigenvalue weighted by Crippen LogP contribution is -2.45. The maximum Gasteiger partial charge on any atom is 0.225 e. The second-order valence-corrected chi connectivity index (χ2v) is 6.07. The summed E-state index contributed by atoms with van der Waals surface area (Å²) in [7, 11) is 2.16. The number of rotatable bonds is 4. The number of nitrogens with zero attached hydrogens (tertiary/aromatic N) is 2. The molecule has 0 aromatic rings. The van der Waals surface area contributed by atoms with E-state index in [4.69, 9.17) is 0 Å². The van der Waals surface area contributed by atoms with Crippen molar-refractivity contribution in [2.45, 2.75) is 57.9 Å². The molecule has 1 aliphatic heterocycles. The largest absolute Gasteiger partial charge is 0.338 e. The molecule has 1 unspecified atom stereocenters. The first-order valence-corrected chi connectivity index (χ1v) is 7.71. The van der Waals surface area contributed by atoms with Crippen LogP contribution < -0.4 is 0 Å². The van der Waals surface area contributed by atoms with E-state index in [2.05, 4.69) is 23.8 Å². The van der Waals surface area contributed by atoms with Crippen molar-refractivity contribution in [3.63, 3.8) is 0 Å². The molecule has 1 aliphatic carbocycles. The summed E-state index contributed by atoms with van der Waals surface area (Å²) in [4.78, 5) is 17.2. The zero-order valence-corrected chi connectivity index (χ0v) is 12.0. The molecular weight excluding hydrogens is 224 g/mol. The summed E-state index contributed by atoms with van der Waals surface area (Å²) in [5.74, 6) is 0.785. The minimum atomic E-state index is 0.330. The molecule has 3 nitrogen and oxygen atoms in total. The van der Waals surface area contributed by atoms with Crippen LogP contribution in [0.15, 0.2) is 0 Å². The number of carbonyl (C=O) groups is 1. The molecule has 0 aromatic carbocycles. The van der Waals surface area contributed by atoms with E-state index in [1.807, 2.05) is 0 Å². The van der Waals surface area contributed by atoms with Gasteiger partial charge in [0.2, 0.25) is 5.91 Å². The van der Waals surface area contributed by atoms with Gasteiger partial charge in [-0.1, -0.05) is 26.2 Å². The lowest BCUT2D eigenvalue weighted by atomic mass is 9.88. The molecule has 2 fully saturated rings. The lowest BCUT2D eigenvalue weighted by Gasteiger charge is -2.33. The van der Waals surface area contributed by atoms with Gasteiger partial charge in [0.1, 0.15) is 0 Å². The van der Waals surface area contributed by atoms with E-state index >= 15 is 0 Å². The number of carbonyl (C=O) groups excluding carboxylic acids is 1. The van der Waals surface area contributed by atoms with Crippen LogP contribution in [0.1, 0.15) is 51.9 Å². The first-order chi connectivity index (χ1) is 8.72. The van der Waals surface area contributed by atoms with Crippen molar-refractivity contribution in [3.8, 4) is 0 Å². The van der Waals surface area contributed by atoms with Crippen molar-refractivity contribution >= 4 is 5.91 Å². The van der Waals surface area contributed by atoms with Crippen LogP contribution in [0.4, 0.5) is 0 Å². The number of hydrogen-bond acceptors (Lipinski definition) is 2. The van der Waals surface area contributed by atoms with Crippen LogP contribution in [0.5, 0.6) is 0 Å². The highest BCUT2D eigenvalue weighted by Gasteiger charge is 2.32. The monoisotopic (exact) mass is 252 g/mol. The molecule has 18 heavy (non-hydrogen) atoms. The summed E-state index contributed by atoms with van der Waals surface area (Å²) >= 11 is 0. The molecule has 2 aliphatic rings. The highest BCUT2D eigenvalue weighted by atomic mass is 16.2. The predicted octanol–water partition coefficient (Wildman–Crippen LogP) is 2.51. The topological polar surface area (TPSA) is 23.6 Å². The van der Waals surface area contributed by atoms with Gasteiger partial charge < -0.3 is 9.80 Å². The number of amides is 1. The van der Waals surface area contributed by atoms with Gasteiger partial charge in [0.25, 0.3) is 0 Å². The second-order valence-electron chi connectivity index (χ2n) is 6.07. The van der Waals surface area contributed by atoms with Crippen molar-refractivity contribution in [1.82, 2.24) is 9.80 Å². The molecule has 0 aromatic heterocycles. The molecule has 1 heterocycles. The molecule has 0 N–H and O–H groups in total. The smallest absolute Gasteiger partial charge is 0.225 e. The van der Waals surface area contributed by atoms with Crippen molar-refractivity contribution < 1.29 is 4.79 Å². The molecule has 0 spiro atoms. The van der Waals surface area contributed by atoms with Gasteiger partial charge in [0.05, 0.1) is 0 Å². The Hall–Kier alpha value is -0.570. The maximum atomic E-state index is 12.7. The Balaban J connectivity index is 1.97. The van der Waals surface area contributed by atoms with Gasteiger partial charge in [-0.15, -0.1) is 0 Å². The number of hydrogen-bond donors (Lipinski definition) is 0. The van der Waals surface area contributed by atoms with Gasteiger partial charge in [-0.05, 0) is 39.3 Å². The average molecular weight is 252 g/mol. The molecule has 104 valence electrons. The summed E-state index contributed by atoms with van der Waals surface area (Å²) < 4.78 is 0. The van der Waals surface area contributed by atoms with Gasteiger partial charge in [-0.25, -0.2) is 0 Å². The van der Waals surface area contributed by atoms with E-state index in [1.54, 1.807) is 0 Å². The minimum absolute atomic E-state index is 0.330. The third-order valence-electron chi connectivity index (χ3n) is 4.51. The van der Waals surface area contributed by atoms with Gasteiger partial charge in [-0.2, -0.15) is 0 Å².